The van der Waals surface area contributed by atoms with Crippen LogP contribution in [0.4, 0.5) is 0 Å². The number of fused-ring (bicyclic) bond motifs is 1. The molecule has 0 spiro atoms. The van der Waals surface area contributed by atoms with Gasteiger partial charge in [-0.3, -0.25) is 9.89 Å². The van der Waals surface area contributed by atoms with Crippen LogP contribution in [0.2, 0.25) is 0 Å². The summed E-state index contributed by atoms with van der Waals surface area (Å²) in [6.07, 6.45) is 2.67. The molecule has 6 heteroatoms. The summed E-state index contributed by atoms with van der Waals surface area (Å²) in [4.78, 5) is 16.6. The SMILES string of the molecule is CCCc1cc(C(=O)NCCc2nc3ccccc3s2)n[nH]1. The Bertz CT molecular complexity index is 744. The number of benzene rings is 1. The second-order valence-electron chi connectivity index (χ2n) is 5.11. The van der Waals surface area contributed by atoms with E-state index in [4.69, 9.17) is 0 Å². The molecule has 3 aromatic rings. The zero-order valence-electron chi connectivity index (χ0n) is 12.4. The fourth-order valence-electron chi connectivity index (χ4n) is 2.28. The highest BCUT2D eigenvalue weighted by molar-refractivity contribution is 7.18. The molecule has 0 saturated carbocycles. The lowest BCUT2D eigenvalue weighted by Gasteiger charge is -2.00. The van der Waals surface area contributed by atoms with Gasteiger partial charge in [-0.1, -0.05) is 25.5 Å². The molecule has 0 aliphatic carbocycles. The van der Waals surface area contributed by atoms with Crippen molar-refractivity contribution < 1.29 is 4.79 Å². The molecule has 2 heterocycles. The lowest BCUT2D eigenvalue weighted by atomic mass is 10.2. The first-order chi connectivity index (χ1) is 10.8. The topological polar surface area (TPSA) is 70.7 Å². The minimum Gasteiger partial charge on any atom is -0.350 e. The summed E-state index contributed by atoms with van der Waals surface area (Å²) in [7, 11) is 0. The molecule has 0 bridgehead atoms. The summed E-state index contributed by atoms with van der Waals surface area (Å²) >= 11 is 1.67. The number of aromatic amines is 1. The molecule has 22 heavy (non-hydrogen) atoms. The normalized spacial score (nSPS) is 11.0. The predicted octanol–water partition coefficient (Wildman–Crippen LogP) is 2.94. The van der Waals surface area contributed by atoms with Gasteiger partial charge in [-0.05, 0) is 24.6 Å². The summed E-state index contributed by atoms with van der Waals surface area (Å²) < 4.78 is 1.18. The minimum absolute atomic E-state index is 0.139. The Hall–Kier alpha value is -2.21. The highest BCUT2D eigenvalue weighted by Crippen LogP contribution is 2.21. The summed E-state index contributed by atoms with van der Waals surface area (Å²) in [5.41, 5.74) is 2.47. The Morgan fingerprint density at radius 2 is 2.18 bits per heavy atom. The van der Waals surface area contributed by atoms with Gasteiger partial charge in [0, 0.05) is 18.7 Å². The van der Waals surface area contributed by atoms with E-state index in [2.05, 4.69) is 33.5 Å². The number of aromatic nitrogens is 3. The first kappa shape index (κ1) is 14.7. The number of amides is 1. The van der Waals surface area contributed by atoms with Crippen LogP contribution in [0.5, 0.6) is 0 Å². The first-order valence-corrected chi connectivity index (χ1v) is 8.25. The van der Waals surface area contributed by atoms with E-state index in [9.17, 15) is 4.79 Å². The zero-order chi connectivity index (χ0) is 15.4. The van der Waals surface area contributed by atoms with Gasteiger partial charge >= 0.3 is 0 Å². The van der Waals surface area contributed by atoms with Crippen molar-refractivity contribution in [3.05, 3.63) is 46.7 Å². The van der Waals surface area contributed by atoms with Gasteiger partial charge in [-0.25, -0.2) is 4.98 Å². The van der Waals surface area contributed by atoms with E-state index in [1.165, 1.54) is 4.70 Å². The minimum atomic E-state index is -0.139. The number of nitrogens with zero attached hydrogens (tertiary/aromatic N) is 2. The van der Waals surface area contributed by atoms with Crippen molar-refractivity contribution in [1.82, 2.24) is 20.5 Å². The van der Waals surface area contributed by atoms with Crippen LogP contribution in [0.25, 0.3) is 10.2 Å². The molecule has 0 radical (unpaired) electrons. The highest BCUT2D eigenvalue weighted by Gasteiger charge is 2.10. The van der Waals surface area contributed by atoms with Crippen LogP contribution in [0.3, 0.4) is 0 Å². The smallest absolute Gasteiger partial charge is 0.271 e. The third kappa shape index (κ3) is 3.33. The van der Waals surface area contributed by atoms with Crippen LogP contribution in [0, 0.1) is 0 Å². The Morgan fingerprint density at radius 1 is 1.32 bits per heavy atom. The Morgan fingerprint density at radius 3 is 3.00 bits per heavy atom. The van der Waals surface area contributed by atoms with Gasteiger partial charge in [0.25, 0.3) is 5.91 Å². The summed E-state index contributed by atoms with van der Waals surface area (Å²) in [5, 5.41) is 10.9. The van der Waals surface area contributed by atoms with Crippen LogP contribution < -0.4 is 5.32 Å². The van der Waals surface area contributed by atoms with Crippen molar-refractivity contribution in [3.63, 3.8) is 0 Å². The maximum atomic E-state index is 12.0. The molecule has 2 aromatic heterocycles. The molecule has 3 rings (SSSR count). The average Bonchev–Trinajstić information content (AvgIpc) is 3.13. The van der Waals surface area contributed by atoms with Crippen LogP contribution in [0.1, 0.15) is 34.5 Å². The molecule has 2 N–H and O–H groups in total. The van der Waals surface area contributed by atoms with Gasteiger partial charge < -0.3 is 5.32 Å². The monoisotopic (exact) mass is 314 g/mol. The number of thiazole rings is 1. The van der Waals surface area contributed by atoms with E-state index >= 15 is 0 Å². The van der Waals surface area contributed by atoms with Crippen LogP contribution in [-0.2, 0) is 12.8 Å². The number of carbonyl (C=O) groups is 1. The number of aryl methyl sites for hydroxylation is 1. The predicted molar refractivity (Wildman–Crippen MR) is 88.2 cm³/mol. The molecule has 1 amide bonds. The van der Waals surface area contributed by atoms with Gasteiger partial charge in [-0.15, -0.1) is 11.3 Å². The Kier molecular flexibility index (Phi) is 4.48. The molecular formula is C16H18N4OS. The van der Waals surface area contributed by atoms with Crippen molar-refractivity contribution in [2.75, 3.05) is 6.54 Å². The molecule has 0 unspecified atom stereocenters. The van der Waals surface area contributed by atoms with Crippen LogP contribution in [0.15, 0.2) is 30.3 Å². The summed E-state index contributed by atoms with van der Waals surface area (Å²) in [6, 6.07) is 9.88. The van der Waals surface area contributed by atoms with Crippen molar-refractivity contribution >= 4 is 27.5 Å². The van der Waals surface area contributed by atoms with Crippen molar-refractivity contribution in [2.24, 2.45) is 0 Å². The fraction of sp³-hybridized carbons (Fsp3) is 0.312. The van der Waals surface area contributed by atoms with E-state index in [0.717, 1.165) is 35.5 Å². The number of H-pyrrole nitrogens is 1. The molecule has 0 aliphatic heterocycles. The number of para-hydroxylation sites is 1. The first-order valence-electron chi connectivity index (χ1n) is 7.43. The third-order valence-electron chi connectivity index (χ3n) is 3.35. The number of hydrogen-bond acceptors (Lipinski definition) is 4. The third-order valence-corrected chi connectivity index (χ3v) is 4.44. The quantitative estimate of drug-likeness (QED) is 0.735. The van der Waals surface area contributed by atoms with E-state index in [1.54, 1.807) is 11.3 Å². The van der Waals surface area contributed by atoms with Crippen LogP contribution in [-0.4, -0.2) is 27.6 Å². The molecule has 1 aromatic carbocycles. The second-order valence-corrected chi connectivity index (χ2v) is 6.22. The van der Waals surface area contributed by atoms with Gasteiger partial charge in [0.15, 0.2) is 0 Å². The molecule has 0 atom stereocenters. The Balaban J connectivity index is 1.54. The average molecular weight is 314 g/mol. The summed E-state index contributed by atoms with van der Waals surface area (Å²) in [6.45, 7) is 2.66. The van der Waals surface area contributed by atoms with E-state index < -0.39 is 0 Å². The van der Waals surface area contributed by atoms with E-state index in [1.807, 2.05) is 24.3 Å². The number of carbonyl (C=O) groups excluding carboxylic acids is 1. The lowest BCUT2D eigenvalue weighted by molar-refractivity contribution is 0.0949. The highest BCUT2D eigenvalue weighted by atomic mass is 32.1. The molecule has 0 saturated heterocycles. The lowest BCUT2D eigenvalue weighted by Crippen LogP contribution is -2.25. The summed E-state index contributed by atoms with van der Waals surface area (Å²) in [5.74, 6) is -0.139. The molecule has 0 aliphatic rings. The largest absolute Gasteiger partial charge is 0.350 e. The molecular weight excluding hydrogens is 296 g/mol. The van der Waals surface area contributed by atoms with Crippen molar-refractivity contribution in [2.45, 2.75) is 26.2 Å². The van der Waals surface area contributed by atoms with E-state index in [0.29, 0.717) is 12.2 Å². The number of nitrogens with one attached hydrogen (secondary N) is 2. The van der Waals surface area contributed by atoms with Crippen molar-refractivity contribution in [1.29, 1.82) is 0 Å². The standard InChI is InChI=1S/C16H18N4OS/c1-2-5-11-10-13(20-19-11)16(21)17-9-8-15-18-12-6-3-4-7-14(12)22-15/h3-4,6-7,10H,2,5,8-9H2,1H3,(H,17,21)(H,19,20). The Labute approximate surface area is 132 Å². The van der Waals surface area contributed by atoms with Gasteiger partial charge in [-0.2, -0.15) is 5.10 Å². The van der Waals surface area contributed by atoms with E-state index in [-0.39, 0.29) is 5.91 Å². The maximum Gasteiger partial charge on any atom is 0.271 e. The van der Waals surface area contributed by atoms with Gasteiger partial charge in [0.1, 0.15) is 5.69 Å². The second kappa shape index (κ2) is 6.70. The maximum absolute atomic E-state index is 12.0. The zero-order valence-corrected chi connectivity index (χ0v) is 13.2. The van der Waals surface area contributed by atoms with Crippen molar-refractivity contribution in [3.8, 4) is 0 Å². The molecule has 114 valence electrons. The number of rotatable bonds is 6. The number of hydrogen-bond donors (Lipinski definition) is 2. The fourth-order valence-corrected chi connectivity index (χ4v) is 3.24. The molecule has 0 fully saturated rings. The van der Waals surface area contributed by atoms with Gasteiger partial charge in [0.2, 0.25) is 0 Å². The molecule has 5 nitrogen and oxygen atoms in total. The van der Waals surface area contributed by atoms with Gasteiger partial charge in [0.05, 0.1) is 15.2 Å². The van der Waals surface area contributed by atoms with Crippen LogP contribution >= 0.6 is 11.3 Å².